The van der Waals surface area contributed by atoms with Gasteiger partial charge in [0.2, 0.25) is 0 Å². The lowest BCUT2D eigenvalue weighted by Crippen LogP contribution is -2.31. The molecule has 0 aromatic heterocycles. The van der Waals surface area contributed by atoms with Crippen LogP contribution in [0.1, 0.15) is 11.1 Å². The first-order valence-electron chi connectivity index (χ1n) is 9.93. The molecule has 0 unspecified atom stereocenters. The van der Waals surface area contributed by atoms with Crippen LogP contribution in [-0.4, -0.2) is 44.1 Å². The van der Waals surface area contributed by atoms with Gasteiger partial charge in [-0.1, -0.05) is 36.4 Å². The second-order valence-electron chi connectivity index (χ2n) is 7.37. The Morgan fingerprint density at radius 3 is 2.65 bits per heavy atom. The van der Waals surface area contributed by atoms with Crippen molar-refractivity contribution in [1.82, 2.24) is 4.90 Å². The van der Waals surface area contributed by atoms with E-state index < -0.39 is 5.97 Å². The molecule has 4 rings (SSSR count). The lowest BCUT2D eigenvalue weighted by molar-refractivity contribution is -0.148. The number of hydrogen-bond donors (Lipinski definition) is 0. The van der Waals surface area contributed by atoms with Crippen LogP contribution in [0.15, 0.2) is 66.2 Å². The van der Waals surface area contributed by atoms with Gasteiger partial charge in [-0.25, -0.2) is 4.79 Å². The number of esters is 1. The zero-order chi connectivity index (χ0) is 21.8. The van der Waals surface area contributed by atoms with E-state index in [-0.39, 0.29) is 19.1 Å². The molecule has 1 aliphatic rings. The lowest BCUT2D eigenvalue weighted by Gasteiger charge is -2.19. The number of nitrogens with zero attached hydrogens (tertiary/aromatic N) is 1. The standard InChI is InChI=1S/C25H23NO5/c1-26(14-17-7-8-19-13-22(29-2)10-9-18(19)11-17)24(27)16-31-25(28)21-12-20-5-3-4-6-23(20)30-15-21/h3-13H,14-16H2,1-2H3. The quantitative estimate of drug-likeness (QED) is 0.571. The summed E-state index contributed by atoms with van der Waals surface area (Å²) in [7, 11) is 3.33. The molecule has 0 spiro atoms. The monoisotopic (exact) mass is 417 g/mol. The average Bonchev–Trinajstić information content (AvgIpc) is 2.81. The van der Waals surface area contributed by atoms with Gasteiger partial charge >= 0.3 is 5.97 Å². The van der Waals surface area contributed by atoms with E-state index in [1.165, 1.54) is 0 Å². The summed E-state index contributed by atoms with van der Waals surface area (Å²) in [6, 6.07) is 19.3. The van der Waals surface area contributed by atoms with Crippen molar-refractivity contribution in [3.8, 4) is 11.5 Å². The van der Waals surface area contributed by atoms with Crippen LogP contribution < -0.4 is 9.47 Å². The van der Waals surface area contributed by atoms with Crippen LogP contribution in [0.3, 0.4) is 0 Å². The number of para-hydroxylation sites is 1. The molecule has 1 aliphatic heterocycles. The van der Waals surface area contributed by atoms with Gasteiger partial charge < -0.3 is 19.1 Å². The molecule has 0 N–H and O–H groups in total. The first kappa shape index (κ1) is 20.5. The van der Waals surface area contributed by atoms with Crippen molar-refractivity contribution in [3.05, 3.63) is 77.4 Å². The highest BCUT2D eigenvalue weighted by atomic mass is 16.5. The topological polar surface area (TPSA) is 65.1 Å². The molecule has 6 nitrogen and oxygen atoms in total. The maximum atomic E-state index is 12.5. The van der Waals surface area contributed by atoms with Gasteiger partial charge in [0.25, 0.3) is 5.91 Å². The molecular formula is C25H23NO5. The summed E-state index contributed by atoms with van der Waals surface area (Å²) in [4.78, 5) is 26.3. The normalized spacial score (nSPS) is 12.4. The Morgan fingerprint density at radius 2 is 1.81 bits per heavy atom. The van der Waals surface area contributed by atoms with E-state index >= 15 is 0 Å². The molecule has 31 heavy (non-hydrogen) atoms. The van der Waals surface area contributed by atoms with Gasteiger partial charge in [0, 0.05) is 19.2 Å². The largest absolute Gasteiger partial charge is 0.497 e. The number of hydrogen-bond acceptors (Lipinski definition) is 5. The summed E-state index contributed by atoms with van der Waals surface area (Å²) in [6.45, 7) is 0.221. The fourth-order valence-corrected chi connectivity index (χ4v) is 3.42. The van der Waals surface area contributed by atoms with Crippen molar-refractivity contribution in [2.45, 2.75) is 6.54 Å². The summed E-state index contributed by atoms with van der Waals surface area (Å²) in [5.74, 6) is 0.705. The summed E-state index contributed by atoms with van der Waals surface area (Å²) in [5.41, 5.74) is 2.19. The number of ether oxygens (including phenoxy) is 3. The van der Waals surface area contributed by atoms with Crippen LogP contribution in [0, 0.1) is 0 Å². The summed E-state index contributed by atoms with van der Waals surface area (Å²) >= 11 is 0. The Labute approximate surface area is 180 Å². The number of methoxy groups -OCH3 is 1. The molecule has 0 saturated heterocycles. The van der Waals surface area contributed by atoms with E-state index in [1.54, 1.807) is 25.1 Å². The predicted octanol–water partition coefficient (Wildman–Crippen LogP) is 3.83. The minimum atomic E-state index is -0.545. The lowest BCUT2D eigenvalue weighted by atomic mass is 10.1. The van der Waals surface area contributed by atoms with Crippen molar-refractivity contribution >= 4 is 28.7 Å². The SMILES string of the molecule is COc1ccc2cc(CN(C)C(=O)COC(=O)C3=Cc4ccccc4OC3)ccc2c1. The minimum Gasteiger partial charge on any atom is -0.497 e. The molecule has 1 heterocycles. The molecule has 3 aromatic carbocycles. The van der Waals surface area contributed by atoms with Gasteiger partial charge in [-0.3, -0.25) is 4.79 Å². The van der Waals surface area contributed by atoms with Crippen LogP contribution in [0.4, 0.5) is 0 Å². The highest BCUT2D eigenvalue weighted by Crippen LogP contribution is 2.26. The first-order chi connectivity index (χ1) is 15.0. The third-order valence-corrected chi connectivity index (χ3v) is 5.18. The zero-order valence-electron chi connectivity index (χ0n) is 17.5. The van der Waals surface area contributed by atoms with Gasteiger partial charge in [0.15, 0.2) is 6.61 Å². The number of carbonyl (C=O) groups excluding carboxylic acids is 2. The molecule has 0 fully saturated rings. The third-order valence-electron chi connectivity index (χ3n) is 5.18. The van der Waals surface area contributed by atoms with E-state index in [0.717, 1.165) is 33.4 Å². The van der Waals surface area contributed by atoms with Crippen molar-refractivity contribution in [3.63, 3.8) is 0 Å². The van der Waals surface area contributed by atoms with Gasteiger partial charge in [0.05, 0.1) is 12.7 Å². The smallest absolute Gasteiger partial charge is 0.338 e. The highest BCUT2D eigenvalue weighted by molar-refractivity contribution is 5.96. The van der Waals surface area contributed by atoms with Crippen molar-refractivity contribution in [1.29, 1.82) is 0 Å². The molecular weight excluding hydrogens is 394 g/mol. The van der Waals surface area contributed by atoms with Gasteiger partial charge in [-0.2, -0.15) is 0 Å². The average molecular weight is 417 g/mol. The summed E-state index contributed by atoms with van der Waals surface area (Å²) in [5, 5.41) is 2.13. The first-order valence-corrected chi connectivity index (χ1v) is 9.93. The van der Waals surface area contributed by atoms with E-state index in [9.17, 15) is 9.59 Å². The molecule has 1 amide bonds. The zero-order valence-corrected chi connectivity index (χ0v) is 17.5. The van der Waals surface area contributed by atoms with Crippen molar-refractivity contribution < 1.29 is 23.8 Å². The van der Waals surface area contributed by atoms with Crippen LogP contribution in [0.5, 0.6) is 11.5 Å². The van der Waals surface area contributed by atoms with Crippen LogP contribution >= 0.6 is 0 Å². The molecule has 0 saturated carbocycles. The molecule has 158 valence electrons. The van der Waals surface area contributed by atoms with E-state index in [2.05, 4.69) is 0 Å². The Kier molecular flexibility index (Phi) is 5.89. The predicted molar refractivity (Wildman–Crippen MR) is 118 cm³/mol. The van der Waals surface area contributed by atoms with Crippen molar-refractivity contribution in [2.75, 3.05) is 27.4 Å². The number of benzene rings is 3. The minimum absolute atomic E-state index is 0.127. The van der Waals surface area contributed by atoms with Gasteiger partial charge in [0.1, 0.15) is 18.1 Å². The van der Waals surface area contributed by atoms with Crippen LogP contribution in [0.25, 0.3) is 16.8 Å². The fraction of sp³-hybridized carbons (Fsp3) is 0.200. The molecule has 0 radical (unpaired) electrons. The number of fused-ring (bicyclic) bond motifs is 2. The van der Waals surface area contributed by atoms with Crippen LogP contribution in [0.2, 0.25) is 0 Å². The van der Waals surface area contributed by atoms with Gasteiger partial charge in [-0.15, -0.1) is 0 Å². The Bertz CT molecular complexity index is 1170. The fourth-order valence-electron chi connectivity index (χ4n) is 3.42. The van der Waals surface area contributed by atoms with Crippen molar-refractivity contribution in [2.24, 2.45) is 0 Å². The number of amides is 1. The number of likely N-dealkylation sites (N-methyl/N-ethyl adjacent to an activating group) is 1. The second-order valence-corrected chi connectivity index (χ2v) is 7.37. The Morgan fingerprint density at radius 1 is 1.03 bits per heavy atom. The maximum absolute atomic E-state index is 12.5. The Balaban J connectivity index is 1.34. The Hall–Kier alpha value is -3.80. The molecule has 3 aromatic rings. The highest BCUT2D eigenvalue weighted by Gasteiger charge is 2.20. The van der Waals surface area contributed by atoms with Crippen LogP contribution in [-0.2, 0) is 20.9 Å². The third kappa shape index (κ3) is 4.69. The maximum Gasteiger partial charge on any atom is 0.338 e. The number of carbonyl (C=O) groups is 2. The van der Waals surface area contributed by atoms with Gasteiger partial charge in [-0.05, 0) is 46.7 Å². The molecule has 0 aliphatic carbocycles. The van der Waals surface area contributed by atoms with E-state index in [1.807, 2.05) is 60.7 Å². The van der Waals surface area contributed by atoms with E-state index in [0.29, 0.717) is 12.1 Å². The number of rotatable bonds is 6. The summed E-state index contributed by atoms with van der Waals surface area (Å²) in [6.07, 6.45) is 1.74. The molecule has 0 bridgehead atoms. The van der Waals surface area contributed by atoms with E-state index in [4.69, 9.17) is 14.2 Å². The molecule has 0 atom stereocenters. The second kappa shape index (κ2) is 8.92. The summed E-state index contributed by atoms with van der Waals surface area (Å²) < 4.78 is 16.0. The molecule has 6 heteroatoms.